The molecule has 0 nitrogen and oxygen atoms in total. The van der Waals surface area contributed by atoms with E-state index in [-0.39, 0.29) is 0 Å². The second-order valence-corrected chi connectivity index (χ2v) is 9.95. The quantitative estimate of drug-likeness (QED) is 0.442. The third-order valence-corrected chi connectivity index (χ3v) is 5.64. The minimum atomic E-state index is -1.31. The molecule has 2 heteroatoms. The Morgan fingerprint density at radius 1 is 1.22 bits per heavy atom. The molecule has 0 spiro atoms. The van der Waals surface area contributed by atoms with Crippen LogP contribution in [0.15, 0.2) is 0 Å². The van der Waals surface area contributed by atoms with E-state index in [9.17, 15) is 0 Å². The van der Waals surface area contributed by atoms with E-state index < -0.39 is 7.38 Å². The Kier molecular flexibility index (Phi) is 3.82. The molecule has 0 amide bonds. The van der Waals surface area contributed by atoms with Crippen LogP contribution in [0.25, 0.3) is 0 Å². The summed E-state index contributed by atoms with van der Waals surface area (Å²) in [6, 6.07) is 0. The lowest BCUT2D eigenvalue weighted by atomic mass is 10.3. The fraction of sp³-hybridized carbons (Fsp3) is 1.00. The minimum Gasteiger partial charge on any atom is -0.167 e. The molecular formula is C7H17ClSi. The van der Waals surface area contributed by atoms with Crippen molar-refractivity contribution < 1.29 is 0 Å². The second kappa shape index (κ2) is 3.62. The fourth-order valence-electron chi connectivity index (χ4n) is 1.26. The van der Waals surface area contributed by atoms with E-state index in [2.05, 4.69) is 26.9 Å². The van der Waals surface area contributed by atoms with Crippen molar-refractivity contribution in [3.63, 3.8) is 0 Å². The van der Waals surface area contributed by atoms with Crippen molar-refractivity contribution in [1.29, 1.82) is 0 Å². The zero-order chi connectivity index (χ0) is 7.49. The van der Waals surface area contributed by atoms with E-state index in [1.54, 1.807) is 0 Å². The summed E-state index contributed by atoms with van der Waals surface area (Å²) in [6.07, 6.45) is 2.50. The molecule has 0 rings (SSSR count). The second-order valence-electron chi connectivity index (χ2n) is 3.08. The standard InChI is InChI=1S/C7H17ClSi/c1-5-7(6-2)9(3,4)8/h7H,5-6H2,1-4H3. The molecule has 0 aromatic rings. The zero-order valence-electron chi connectivity index (χ0n) is 6.87. The lowest BCUT2D eigenvalue weighted by Crippen LogP contribution is -2.24. The van der Waals surface area contributed by atoms with Gasteiger partial charge in [0, 0.05) is 0 Å². The van der Waals surface area contributed by atoms with Gasteiger partial charge in [0.05, 0.1) is 0 Å². The molecule has 0 saturated carbocycles. The van der Waals surface area contributed by atoms with Gasteiger partial charge >= 0.3 is 0 Å². The molecular weight excluding hydrogens is 148 g/mol. The summed E-state index contributed by atoms with van der Waals surface area (Å²) in [7, 11) is -1.31. The molecule has 0 saturated heterocycles. The largest absolute Gasteiger partial charge is 0.167 e. The summed E-state index contributed by atoms with van der Waals surface area (Å²) >= 11 is 6.24. The monoisotopic (exact) mass is 164 g/mol. The SMILES string of the molecule is CCC(CC)[Si](C)(C)Cl. The summed E-state index contributed by atoms with van der Waals surface area (Å²) in [4.78, 5) is 0. The van der Waals surface area contributed by atoms with Crippen molar-refractivity contribution >= 4 is 18.5 Å². The highest BCUT2D eigenvalue weighted by Gasteiger charge is 2.26. The summed E-state index contributed by atoms with van der Waals surface area (Å²) in [6.45, 7) is 8.91. The van der Waals surface area contributed by atoms with E-state index in [1.165, 1.54) is 12.8 Å². The molecule has 0 bridgehead atoms. The highest BCUT2D eigenvalue weighted by molar-refractivity contribution is 7.19. The Labute approximate surface area is 64.3 Å². The van der Waals surface area contributed by atoms with E-state index >= 15 is 0 Å². The molecule has 0 fully saturated rings. The average molecular weight is 165 g/mol. The van der Waals surface area contributed by atoms with Gasteiger partial charge in [-0.2, -0.15) is 11.1 Å². The van der Waals surface area contributed by atoms with Crippen molar-refractivity contribution in [3.8, 4) is 0 Å². The Hall–Kier alpha value is 0.507. The summed E-state index contributed by atoms with van der Waals surface area (Å²) in [5, 5.41) is 0. The van der Waals surface area contributed by atoms with Gasteiger partial charge in [-0.25, -0.2) is 0 Å². The van der Waals surface area contributed by atoms with Crippen LogP contribution in [0, 0.1) is 0 Å². The van der Waals surface area contributed by atoms with Gasteiger partial charge < -0.3 is 0 Å². The molecule has 0 unspecified atom stereocenters. The van der Waals surface area contributed by atoms with Crippen LogP contribution in [-0.4, -0.2) is 7.38 Å². The van der Waals surface area contributed by atoms with Gasteiger partial charge in [-0.15, -0.1) is 0 Å². The average Bonchev–Trinajstić information content (AvgIpc) is 1.65. The zero-order valence-corrected chi connectivity index (χ0v) is 8.63. The summed E-state index contributed by atoms with van der Waals surface area (Å²) in [5.41, 5.74) is 0.805. The molecule has 0 aliphatic carbocycles. The molecule has 0 aliphatic rings. The first kappa shape index (κ1) is 9.51. The molecule has 0 aromatic heterocycles. The van der Waals surface area contributed by atoms with Gasteiger partial charge in [0.2, 0.25) is 0 Å². The Bertz CT molecular complexity index is 71.5. The van der Waals surface area contributed by atoms with Crippen LogP contribution in [0.5, 0.6) is 0 Å². The Morgan fingerprint density at radius 3 is 1.56 bits per heavy atom. The summed E-state index contributed by atoms with van der Waals surface area (Å²) in [5.74, 6) is 0. The van der Waals surface area contributed by atoms with Crippen LogP contribution in [0.3, 0.4) is 0 Å². The van der Waals surface area contributed by atoms with Crippen LogP contribution in [0.1, 0.15) is 26.7 Å². The molecule has 56 valence electrons. The van der Waals surface area contributed by atoms with Crippen LogP contribution < -0.4 is 0 Å². The van der Waals surface area contributed by atoms with Crippen LogP contribution in [0.2, 0.25) is 18.6 Å². The first-order valence-corrected chi connectivity index (χ1v) is 7.80. The maximum atomic E-state index is 6.24. The third-order valence-electron chi connectivity index (χ3n) is 1.96. The van der Waals surface area contributed by atoms with Crippen molar-refractivity contribution in [2.45, 2.75) is 45.3 Å². The Balaban J connectivity index is 3.79. The molecule has 0 aromatic carbocycles. The van der Waals surface area contributed by atoms with Crippen molar-refractivity contribution in [1.82, 2.24) is 0 Å². The van der Waals surface area contributed by atoms with Crippen LogP contribution >= 0.6 is 11.1 Å². The van der Waals surface area contributed by atoms with E-state index in [0.717, 1.165) is 5.54 Å². The summed E-state index contributed by atoms with van der Waals surface area (Å²) < 4.78 is 0. The van der Waals surface area contributed by atoms with Gasteiger partial charge in [-0.3, -0.25) is 0 Å². The van der Waals surface area contributed by atoms with Gasteiger partial charge in [0.15, 0.2) is 7.38 Å². The topological polar surface area (TPSA) is 0 Å². The highest BCUT2D eigenvalue weighted by atomic mass is 35.6. The molecule has 0 atom stereocenters. The normalized spacial score (nSPS) is 12.7. The molecule has 0 aliphatic heterocycles. The van der Waals surface area contributed by atoms with Gasteiger partial charge in [0.1, 0.15) is 0 Å². The minimum absolute atomic E-state index is 0.805. The highest BCUT2D eigenvalue weighted by Crippen LogP contribution is 2.31. The van der Waals surface area contributed by atoms with Crippen molar-refractivity contribution in [3.05, 3.63) is 0 Å². The fourth-order valence-corrected chi connectivity index (χ4v) is 4.13. The first-order valence-electron chi connectivity index (χ1n) is 3.71. The van der Waals surface area contributed by atoms with Crippen LogP contribution in [-0.2, 0) is 0 Å². The predicted molar refractivity (Wildman–Crippen MR) is 47.7 cm³/mol. The van der Waals surface area contributed by atoms with Gasteiger partial charge in [-0.1, -0.05) is 39.8 Å². The lowest BCUT2D eigenvalue weighted by Gasteiger charge is -2.23. The van der Waals surface area contributed by atoms with Crippen molar-refractivity contribution in [2.24, 2.45) is 0 Å². The maximum absolute atomic E-state index is 6.24. The molecule has 9 heavy (non-hydrogen) atoms. The van der Waals surface area contributed by atoms with E-state index in [4.69, 9.17) is 11.1 Å². The van der Waals surface area contributed by atoms with Crippen LogP contribution in [0.4, 0.5) is 0 Å². The van der Waals surface area contributed by atoms with Gasteiger partial charge in [-0.05, 0) is 5.54 Å². The number of halogens is 1. The van der Waals surface area contributed by atoms with Crippen molar-refractivity contribution in [2.75, 3.05) is 0 Å². The third kappa shape index (κ3) is 3.26. The molecule has 0 N–H and O–H groups in total. The number of hydrogen-bond acceptors (Lipinski definition) is 0. The Morgan fingerprint density at radius 2 is 1.56 bits per heavy atom. The first-order chi connectivity index (χ1) is 4.02. The van der Waals surface area contributed by atoms with E-state index in [1.807, 2.05) is 0 Å². The number of rotatable bonds is 3. The van der Waals surface area contributed by atoms with Gasteiger partial charge in [0.25, 0.3) is 0 Å². The maximum Gasteiger partial charge on any atom is 0.153 e. The smallest absolute Gasteiger partial charge is 0.153 e. The van der Waals surface area contributed by atoms with E-state index in [0.29, 0.717) is 0 Å². The number of hydrogen-bond donors (Lipinski definition) is 0. The molecule has 0 heterocycles. The predicted octanol–water partition coefficient (Wildman–Crippen LogP) is 3.62. The lowest BCUT2D eigenvalue weighted by molar-refractivity contribution is 0.747. The molecule has 0 radical (unpaired) electrons.